The Morgan fingerprint density at radius 1 is 1.50 bits per heavy atom. The molecule has 112 valence electrons. The van der Waals surface area contributed by atoms with Crippen LogP contribution in [0.2, 0.25) is 0 Å². The van der Waals surface area contributed by atoms with Crippen molar-refractivity contribution in [3.05, 3.63) is 29.8 Å². The minimum Gasteiger partial charge on any atom is -0.497 e. The van der Waals surface area contributed by atoms with Crippen molar-refractivity contribution in [1.29, 1.82) is 0 Å². The number of amides is 1. The highest BCUT2D eigenvalue weighted by Crippen LogP contribution is 2.21. The van der Waals surface area contributed by atoms with E-state index in [0.29, 0.717) is 0 Å². The van der Waals surface area contributed by atoms with E-state index >= 15 is 0 Å². The number of carbonyl (C=O) groups is 1. The average Bonchev–Trinajstić information content (AvgIpc) is 2.47. The highest BCUT2D eigenvalue weighted by Gasteiger charge is 2.20. The second kappa shape index (κ2) is 8.12. The molecule has 1 fully saturated rings. The highest BCUT2D eigenvalue weighted by atomic mass is 35.5. The molecule has 2 atom stereocenters. The Kier molecular flexibility index (Phi) is 6.82. The van der Waals surface area contributed by atoms with E-state index in [9.17, 15) is 4.79 Å². The van der Waals surface area contributed by atoms with E-state index in [-0.39, 0.29) is 30.3 Å². The lowest BCUT2D eigenvalue weighted by atomic mass is 9.99. The van der Waals surface area contributed by atoms with Gasteiger partial charge in [-0.1, -0.05) is 12.1 Å². The summed E-state index contributed by atoms with van der Waals surface area (Å²) in [6.07, 6.45) is 2.18. The Balaban J connectivity index is 0.00000200. The van der Waals surface area contributed by atoms with Gasteiger partial charge in [-0.25, -0.2) is 0 Å². The smallest absolute Gasteiger partial charge is 0.227 e. The summed E-state index contributed by atoms with van der Waals surface area (Å²) < 4.78 is 5.19. The van der Waals surface area contributed by atoms with Crippen LogP contribution in [0.5, 0.6) is 5.75 Å². The molecule has 1 amide bonds. The van der Waals surface area contributed by atoms with Crippen LogP contribution >= 0.6 is 12.4 Å². The zero-order valence-electron chi connectivity index (χ0n) is 12.0. The zero-order valence-corrected chi connectivity index (χ0v) is 12.8. The molecule has 2 N–H and O–H groups in total. The lowest BCUT2D eigenvalue weighted by Crippen LogP contribution is -2.46. The lowest BCUT2D eigenvalue weighted by molar-refractivity contribution is -0.123. The molecule has 1 aromatic rings. The molecule has 4 nitrogen and oxygen atoms in total. The molecule has 1 aliphatic rings. The molecule has 2 rings (SSSR count). The summed E-state index contributed by atoms with van der Waals surface area (Å²) in [7, 11) is 1.64. The molecule has 1 aliphatic heterocycles. The van der Waals surface area contributed by atoms with E-state index in [0.717, 1.165) is 37.2 Å². The number of nitrogens with one attached hydrogen (secondary N) is 2. The van der Waals surface area contributed by atoms with E-state index in [4.69, 9.17) is 4.74 Å². The maximum Gasteiger partial charge on any atom is 0.227 e. The minimum absolute atomic E-state index is 0. The van der Waals surface area contributed by atoms with Crippen LogP contribution in [0.1, 0.15) is 31.2 Å². The molecule has 1 aromatic carbocycles. The molecule has 0 aromatic heterocycles. The number of carbonyl (C=O) groups excluding carboxylic acids is 1. The largest absolute Gasteiger partial charge is 0.497 e. The van der Waals surface area contributed by atoms with Gasteiger partial charge in [0.2, 0.25) is 5.91 Å². The van der Waals surface area contributed by atoms with Crippen LogP contribution in [-0.2, 0) is 4.79 Å². The highest BCUT2D eigenvalue weighted by molar-refractivity contribution is 5.85. The van der Waals surface area contributed by atoms with Crippen LogP contribution in [0.4, 0.5) is 0 Å². The number of rotatable bonds is 4. The van der Waals surface area contributed by atoms with Crippen LogP contribution in [0.15, 0.2) is 24.3 Å². The fourth-order valence-electron chi connectivity index (χ4n) is 2.36. The molecular formula is C15H23ClN2O2. The Hall–Kier alpha value is -1.26. The molecule has 20 heavy (non-hydrogen) atoms. The van der Waals surface area contributed by atoms with Gasteiger partial charge >= 0.3 is 0 Å². The molecule has 0 radical (unpaired) electrons. The Bertz CT molecular complexity index is 434. The summed E-state index contributed by atoms with van der Waals surface area (Å²) in [4.78, 5) is 12.2. The van der Waals surface area contributed by atoms with Crippen molar-refractivity contribution >= 4 is 18.3 Å². The third-order valence-corrected chi connectivity index (χ3v) is 3.63. The molecule has 5 heteroatoms. The number of piperidine rings is 1. The lowest BCUT2D eigenvalue weighted by Gasteiger charge is -2.25. The number of ether oxygens (including phenoxy) is 1. The standard InChI is InChI=1S/C15H22N2O2.ClH/c1-11(12-5-3-7-14(9-12)19-2)15(18)17-13-6-4-8-16-10-13;/h3,5,7,9,11,13,16H,4,6,8,10H2,1-2H3,(H,17,18);1H/t11?,13-;/m0./s1. The molecule has 0 saturated carbocycles. The average molecular weight is 299 g/mol. The fourth-order valence-corrected chi connectivity index (χ4v) is 2.36. The van der Waals surface area contributed by atoms with Crippen molar-refractivity contribution in [2.75, 3.05) is 20.2 Å². The van der Waals surface area contributed by atoms with Gasteiger partial charge in [0.05, 0.1) is 13.0 Å². The number of benzene rings is 1. The summed E-state index contributed by atoms with van der Waals surface area (Å²) in [6, 6.07) is 7.95. The SMILES string of the molecule is COc1cccc(C(C)C(=O)N[C@H]2CCCNC2)c1.Cl. The first kappa shape index (κ1) is 16.8. The quantitative estimate of drug-likeness (QED) is 0.895. The Morgan fingerprint density at radius 2 is 2.30 bits per heavy atom. The van der Waals surface area contributed by atoms with Crippen LogP contribution in [0.25, 0.3) is 0 Å². The predicted molar refractivity (Wildman–Crippen MR) is 82.7 cm³/mol. The van der Waals surface area contributed by atoms with Gasteiger partial charge < -0.3 is 15.4 Å². The maximum absolute atomic E-state index is 12.2. The molecule has 0 spiro atoms. The molecule has 1 saturated heterocycles. The molecule has 1 heterocycles. The van der Waals surface area contributed by atoms with E-state index in [1.54, 1.807) is 7.11 Å². The monoisotopic (exact) mass is 298 g/mol. The van der Waals surface area contributed by atoms with Crippen LogP contribution in [0.3, 0.4) is 0 Å². The minimum atomic E-state index is -0.156. The van der Waals surface area contributed by atoms with E-state index in [1.807, 2.05) is 31.2 Å². The summed E-state index contributed by atoms with van der Waals surface area (Å²) in [5, 5.41) is 6.41. The number of methoxy groups -OCH3 is 1. The predicted octanol–water partition coefficient (Wildman–Crippen LogP) is 2.09. The third kappa shape index (κ3) is 4.39. The fraction of sp³-hybridized carbons (Fsp3) is 0.533. The summed E-state index contributed by atoms with van der Waals surface area (Å²) >= 11 is 0. The normalized spacial score (nSPS) is 19.6. The van der Waals surface area contributed by atoms with Gasteiger partial charge in [-0.15, -0.1) is 12.4 Å². The van der Waals surface area contributed by atoms with E-state index in [2.05, 4.69) is 10.6 Å². The van der Waals surface area contributed by atoms with Crippen molar-refractivity contribution in [3.8, 4) is 5.75 Å². The van der Waals surface area contributed by atoms with Crippen molar-refractivity contribution in [2.45, 2.75) is 31.7 Å². The van der Waals surface area contributed by atoms with Gasteiger partial charge in [-0.3, -0.25) is 4.79 Å². The van der Waals surface area contributed by atoms with Gasteiger partial charge in [0.1, 0.15) is 5.75 Å². The van der Waals surface area contributed by atoms with Crippen LogP contribution in [-0.4, -0.2) is 32.1 Å². The first-order chi connectivity index (χ1) is 9.20. The third-order valence-electron chi connectivity index (χ3n) is 3.63. The first-order valence-electron chi connectivity index (χ1n) is 6.85. The molecule has 1 unspecified atom stereocenters. The van der Waals surface area contributed by atoms with Gasteiger partial charge in [-0.2, -0.15) is 0 Å². The second-order valence-corrected chi connectivity index (χ2v) is 5.05. The number of hydrogen-bond acceptors (Lipinski definition) is 3. The van der Waals surface area contributed by atoms with Gasteiger partial charge in [-0.05, 0) is 44.0 Å². The molecule has 0 bridgehead atoms. The van der Waals surface area contributed by atoms with Crippen LogP contribution in [0, 0.1) is 0 Å². The second-order valence-electron chi connectivity index (χ2n) is 5.05. The van der Waals surface area contributed by atoms with E-state index < -0.39 is 0 Å². The van der Waals surface area contributed by atoms with Gasteiger partial charge in [0.25, 0.3) is 0 Å². The van der Waals surface area contributed by atoms with Crippen molar-refractivity contribution in [3.63, 3.8) is 0 Å². The Labute approximate surface area is 126 Å². The number of hydrogen-bond donors (Lipinski definition) is 2. The van der Waals surface area contributed by atoms with E-state index in [1.165, 1.54) is 0 Å². The summed E-state index contributed by atoms with van der Waals surface area (Å²) in [5.41, 5.74) is 0.987. The van der Waals surface area contributed by atoms with Gasteiger partial charge in [0.15, 0.2) is 0 Å². The van der Waals surface area contributed by atoms with Crippen molar-refractivity contribution < 1.29 is 9.53 Å². The maximum atomic E-state index is 12.2. The van der Waals surface area contributed by atoms with Gasteiger partial charge in [0, 0.05) is 12.6 Å². The molecular weight excluding hydrogens is 276 g/mol. The van der Waals surface area contributed by atoms with Crippen molar-refractivity contribution in [1.82, 2.24) is 10.6 Å². The summed E-state index contributed by atoms with van der Waals surface area (Å²) in [6.45, 7) is 3.86. The van der Waals surface area contributed by atoms with Crippen LogP contribution < -0.4 is 15.4 Å². The topological polar surface area (TPSA) is 50.4 Å². The molecule has 0 aliphatic carbocycles. The summed E-state index contributed by atoms with van der Waals surface area (Å²) in [5.74, 6) is 0.718. The number of halogens is 1. The first-order valence-corrected chi connectivity index (χ1v) is 6.85. The Morgan fingerprint density at radius 3 is 2.95 bits per heavy atom. The van der Waals surface area contributed by atoms with Crippen molar-refractivity contribution in [2.24, 2.45) is 0 Å². The zero-order chi connectivity index (χ0) is 13.7.